The summed E-state index contributed by atoms with van der Waals surface area (Å²) in [5.41, 5.74) is 6.81. The standard InChI is InChI=1S/C21H27N3O7/c1-12-17(20(25)29-3)19(18(13(2)23-12)21(26)30-4)15-11-14(24(27)28)7-8-16(15)31-10-6-5-9-22/h7-8,11,19,23H,5-6,9-10,22H2,1-4H3. The van der Waals surface area contributed by atoms with Gasteiger partial charge < -0.3 is 25.3 Å². The molecule has 0 radical (unpaired) electrons. The third-order valence-corrected chi connectivity index (χ3v) is 4.94. The van der Waals surface area contributed by atoms with Crippen LogP contribution in [0.1, 0.15) is 38.2 Å². The summed E-state index contributed by atoms with van der Waals surface area (Å²) in [6.07, 6.45) is 1.42. The maximum Gasteiger partial charge on any atom is 0.336 e. The molecule has 3 N–H and O–H groups in total. The molecule has 31 heavy (non-hydrogen) atoms. The number of carbonyl (C=O) groups excluding carboxylic acids is 2. The Kier molecular flexibility index (Phi) is 8.14. The van der Waals surface area contributed by atoms with Crippen LogP contribution in [0.2, 0.25) is 0 Å². The summed E-state index contributed by atoms with van der Waals surface area (Å²) in [4.78, 5) is 36.2. The number of non-ortho nitro benzene ring substituents is 1. The Bertz CT molecular complexity index is 899. The maximum absolute atomic E-state index is 12.7. The van der Waals surface area contributed by atoms with Crippen LogP contribution in [0.4, 0.5) is 5.69 Å². The largest absolute Gasteiger partial charge is 0.493 e. The first kappa shape index (κ1) is 23.9. The van der Waals surface area contributed by atoms with Crippen LogP contribution < -0.4 is 15.8 Å². The number of esters is 2. The highest BCUT2D eigenvalue weighted by atomic mass is 16.6. The predicted molar refractivity (Wildman–Crippen MR) is 112 cm³/mol. The van der Waals surface area contributed by atoms with Crippen LogP contribution in [0.25, 0.3) is 0 Å². The molecule has 1 aromatic rings. The molecule has 0 aliphatic carbocycles. The van der Waals surface area contributed by atoms with E-state index in [0.717, 1.165) is 6.42 Å². The fourth-order valence-corrected chi connectivity index (χ4v) is 3.50. The van der Waals surface area contributed by atoms with Gasteiger partial charge in [0.15, 0.2) is 0 Å². The molecular formula is C21H27N3O7. The number of nitrogens with two attached hydrogens (primary N) is 1. The second-order valence-corrected chi connectivity index (χ2v) is 6.94. The van der Waals surface area contributed by atoms with E-state index in [1.807, 2.05) is 0 Å². The summed E-state index contributed by atoms with van der Waals surface area (Å²) in [6.45, 7) is 4.15. The van der Waals surface area contributed by atoms with Crippen molar-refractivity contribution in [2.24, 2.45) is 5.73 Å². The molecule has 0 saturated heterocycles. The zero-order valence-corrected chi connectivity index (χ0v) is 18.0. The fourth-order valence-electron chi connectivity index (χ4n) is 3.50. The number of nitrogens with zero attached hydrogens (tertiary/aromatic N) is 1. The van der Waals surface area contributed by atoms with E-state index in [-0.39, 0.29) is 16.8 Å². The van der Waals surface area contributed by atoms with E-state index >= 15 is 0 Å². The topological polar surface area (TPSA) is 143 Å². The molecule has 0 spiro atoms. The van der Waals surface area contributed by atoms with Gasteiger partial charge in [-0.25, -0.2) is 9.59 Å². The fraction of sp³-hybridized carbons (Fsp3) is 0.429. The van der Waals surface area contributed by atoms with Gasteiger partial charge in [0.25, 0.3) is 5.69 Å². The first-order valence-corrected chi connectivity index (χ1v) is 9.73. The first-order chi connectivity index (χ1) is 14.8. The van der Waals surface area contributed by atoms with Crippen LogP contribution >= 0.6 is 0 Å². The summed E-state index contributed by atoms with van der Waals surface area (Å²) in [5, 5.41) is 14.4. The number of methoxy groups -OCH3 is 2. The van der Waals surface area contributed by atoms with Crippen molar-refractivity contribution in [3.63, 3.8) is 0 Å². The highest BCUT2D eigenvalue weighted by Crippen LogP contribution is 2.44. The molecule has 0 unspecified atom stereocenters. The number of ether oxygens (including phenoxy) is 3. The molecule has 10 nitrogen and oxygen atoms in total. The molecule has 0 bridgehead atoms. The smallest absolute Gasteiger partial charge is 0.336 e. The summed E-state index contributed by atoms with van der Waals surface area (Å²) in [5.74, 6) is -2.02. The van der Waals surface area contributed by atoms with Gasteiger partial charge in [0, 0.05) is 29.1 Å². The van der Waals surface area contributed by atoms with E-state index < -0.39 is 22.8 Å². The quantitative estimate of drug-likeness (QED) is 0.259. The first-order valence-electron chi connectivity index (χ1n) is 9.73. The lowest BCUT2D eigenvalue weighted by Crippen LogP contribution is -2.32. The van der Waals surface area contributed by atoms with Gasteiger partial charge in [0.2, 0.25) is 0 Å². The number of carbonyl (C=O) groups is 2. The Morgan fingerprint density at radius 2 is 1.68 bits per heavy atom. The monoisotopic (exact) mass is 433 g/mol. The van der Waals surface area contributed by atoms with Crippen LogP contribution in [0, 0.1) is 10.1 Å². The number of benzene rings is 1. The molecule has 1 aliphatic heterocycles. The minimum Gasteiger partial charge on any atom is -0.493 e. The molecule has 1 aromatic carbocycles. The van der Waals surface area contributed by atoms with Crippen molar-refractivity contribution in [3.8, 4) is 5.75 Å². The van der Waals surface area contributed by atoms with Crippen LogP contribution in [-0.2, 0) is 19.1 Å². The average molecular weight is 433 g/mol. The van der Waals surface area contributed by atoms with Gasteiger partial charge in [-0.1, -0.05) is 0 Å². The SMILES string of the molecule is COC(=O)C1=C(C)NC(C)=C(C(=O)OC)C1c1cc([N+](=O)[O-])ccc1OCCCCN. The van der Waals surface area contributed by atoms with Crippen LogP contribution in [-0.4, -0.2) is 44.2 Å². The number of hydrogen-bond donors (Lipinski definition) is 2. The van der Waals surface area contributed by atoms with Crippen molar-refractivity contribution in [2.75, 3.05) is 27.4 Å². The molecule has 2 rings (SSSR count). The van der Waals surface area contributed by atoms with Gasteiger partial charge in [-0.2, -0.15) is 0 Å². The molecular weight excluding hydrogens is 406 g/mol. The summed E-state index contributed by atoms with van der Waals surface area (Å²) >= 11 is 0. The average Bonchev–Trinajstić information content (AvgIpc) is 2.75. The Balaban J connectivity index is 2.72. The highest BCUT2D eigenvalue weighted by molar-refractivity contribution is 6.00. The van der Waals surface area contributed by atoms with Crippen LogP contribution in [0.5, 0.6) is 5.75 Å². The minimum atomic E-state index is -0.981. The predicted octanol–water partition coefficient (Wildman–Crippen LogP) is 2.29. The van der Waals surface area contributed by atoms with Gasteiger partial charge in [0.05, 0.1) is 42.8 Å². The third-order valence-electron chi connectivity index (χ3n) is 4.94. The Labute approximate surface area is 180 Å². The zero-order valence-electron chi connectivity index (χ0n) is 18.0. The van der Waals surface area contributed by atoms with Crippen molar-refractivity contribution in [3.05, 3.63) is 56.4 Å². The van der Waals surface area contributed by atoms with E-state index in [1.54, 1.807) is 13.8 Å². The van der Waals surface area contributed by atoms with E-state index in [9.17, 15) is 19.7 Å². The number of unbranched alkanes of at least 4 members (excludes halogenated alkanes) is 1. The molecule has 0 saturated carbocycles. The Morgan fingerprint density at radius 1 is 1.10 bits per heavy atom. The van der Waals surface area contributed by atoms with Gasteiger partial charge in [-0.15, -0.1) is 0 Å². The second-order valence-electron chi connectivity index (χ2n) is 6.94. The number of hydrogen-bond acceptors (Lipinski definition) is 9. The lowest BCUT2D eigenvalue weighted by Gasteiger charge is -2.30. The van der Waals surface area contributed by atoms with E-state index in [2.05, 4.69) is 5.32 Å². The van der Waals surface area contributed by atoms with Gasteiger partial charge in [0.1, 0.15) is 5.75 Å². The number of rotatable bonds is 9. The number of nitro benzene ring substituents is 1. The van der Waals surface area contributed by atoms with Gasteiger partial charge in [-0.05, 0) is 39.3 Å². The Morgan fingerprint density at radius 3 is 2.16 bits per heavy atom. The Hall–Kier alpha value is -3.40. The molecule has 0 atom stereocenters. The normalized spacial score (nSPS) is 14.2. The van der Waals surface area contributed by atoms with E-state index in [0.29, 0.717) is 42.3 Å². The zero-order chi connectivity index (χ0) is 23.1. The van der Waals surface area contributed by atoms with Crippen molar-refractivity contribution in [2.45, 2.75) is 32.6 Å². The summed E-state index contributed by atoms with van der Waals surface area (Å²) in [6, 6.07) is 4.08. The van der Waals surface area contributed by atoms with E-state index in [4.69, 9.17) is 19.9 Å². The molecule has 1 heterocycles. The van der Waals surface area contributed by atoms with Crippen molar-refractivity contribution in [1.82, 2.24) is 5.32 Å². The second kappa shape index (κ2) is 10.6. The highest BCUT2D eigenvalue weighted by Gasteiger charge is 2.39. The number of allylic oxidation sites excluding steroid dienone is 2. The molecule has 10 heteroatoms. The summed E-state index contributed by atoms with van der Waals surface area (Å²) in [7, 11) is 2.45. The molecule has 0 fully saturated rings. The molecule has 0 amide bonds. The van der Waals surface area contributed by atoms with Crippen molar-refractivity contribution >= 4 is 17.6 Å². The van der Waals surface area contributed by atoms with Crippen LogP contribution in [0.3, 0.4) is 0 Å². The maximum atomic E-state index is 12.7. The third kappa shape index (κ3) is 5.21. The van der Waals surface area contributed by atoms with Crippen molar-refractivity contribution in [1.29, 1.82) is 0 Å². The minimum absolute atomic E-state index is 0.140. The lowest BCUT2D eigenvalue weighted by atomic mass is 9.80. The number of nitro groups is 1. The van der Waals surface area contributed by atoms with Crippen LogP contribution in [0.15, 0.2) is 40.7 Å². The molecule has 0 aromatic heterocycles. The number of nitrogens with one attached hydrogen (secondary N) is 1. The van der Waals surface area contributed by atoms with Gasteiger partial charge in [-0.3, -0.25) is 10.1 Å². The molecule has 1 aliphatic rings. The molecule has 168 valence electrons. The van der Waals surface area contributed by atoms with Crippen molar-refractivity contribution < 1.29 is 28.7 Å². The lowest BCUT2D eigenvalue weighted by molar-refractivity contribution is -0.384. The van der Waals surface area contributed by atoms with Gasteiger partial charge >= 0.3 is 11.9 Å². The van der Waals surface area contributed by atoms with E-state index in [1.165, 1.54) is 32.4 Å². The summed E-state index contributed by atoms with van der Waals surface area (Å²) < 4.78 is 15.8. The number of dihydropyridines is 1.